The van der Waals surface area contributed by atoms with Crippen molar-refractivity contribution in [3.05, 3.63) is 53.2 Å². The fraction of sp³-hybridized carbons (Fsp3) is 0.432. The Labute approximate surface area is 344 Å². The average molecular weight is 885 g/mol. The number of carbonyl (C=O) groups is 3. The number of methoxy groups -OCH3 is 3. The fourth-order valence-corrected chi connectivity index (χ4v) is 9.00. The number of nitrogens with one attached hydrogen (secondary N) is 3. The number of hydrogen-bond acceptors (Lipinski definition) is 13. The molecule has 0 spiro atoms. The Morgan fingerprint density at radius 1 is 0.966 bits per heavy atom. The summed E-state index contributed by atoms with van der Waals surface area (Å²) in [4.78, 5) is 68.5. The summed E-state index contributed by atoms with van der Waals surface area (Å²) in [6.45, 7) is 5.44. The van der Waals surface area contributed by atoms with Crippen LogP contribution in [0.3, 0.4) is 0 Å². The number of rotatable bonds is 18. The van der Waals surface area contributed by atoms with Gasteiger partial charge in [-0.1, -0.05) is 37.6 Å². The van der Waals surface area contributed by atoms with Gasteiger partial charge in [0.2, 0.25) is 11.7 Å². The van der Waals surface area contributed by atoms with E-state index in [1.807, 2.05) is 12.4 Å². The molecule has 0 fully saturated rings. The number of H-pyrrole nitrogens is 1. The predicted molar refractivity (Wildman–Crippen MR) is 217 cm³/mol. The van der Waals surface area contributed by atoms with Gasteiger partial charge in [0.15, 0.2) is 18.1 Å². The minimum atomic E-state index is -5.42. The zero-order valence-electron chi connectivity index (χ0n) is 33.4. The molecule has 3 amide bonds. The maximum absolute atomic E-state index is 14.5. The van der Waals surface area contributed by atoms with E-state index in [4.69, 9.17) is 44.4 Å². The van der Waals surface area contributed by atoms with Gasteiger partial charge in [0.25, 0.3) is 5.91 Å². The highest BCUT2D eigenvalue weighted by atomic mass is 35.5. The van der Waals surface area contributed by atoms with Crippen LogP contribution in [0.1, 0.15) is 61.6 Å². The molecule has 1 aliphatic heterocycles. The molecular formula is C37H47ClN4O15P2. The highest BCUT2D eigenvalue weighted by Gasteiger charge is 2.40. The SMILES string of the molecule is CCCc1c(OC)c(OC)c(OC)c2[nH]c(C(=O)N3CC(CCl)c4c3cc(OP(=O)(O)OP(=O)(O)OCCNC(=O)CONC(=O)OC(C)(C)C)c3ccccc43)cc12. The lowest BCUT2D eigenvalue weighted by Crippen LogP contribution is -2.36. The Balaban J connectivity index is 1.35. The van der Waals surface area contributed by atoms with Gasteiger partial charge in [0.05, 0.1) is 39.1 Å². The van der Waals surface area contributed by atoms with Gasteiger partial charge in [-0.05, 0) is 44.2 Å². The summed E-state index contributed by atoms with van der Waals surface area (Å²) < 4.78 is 62.8. The summed E-state index contributed by atoms with van der Waals surface area (Å²) in [5, 5.41) is 3.86. The van der Waals surface area contributed by atoms with Crippen LogP contribution in [0, 0.1) is 0 Å². The first-order valence-corrected chi connectivity index (χ1v) is 21.7. The lowest BCUT2D eigenvalue weighted by molar-refractivity contribution is -0.128. The summed E-state index contributed by atoms with van der Waals surface area (Å²) in [5.74, 6) is -0.500. The summed E-state index contributed by atoms with van der Waals surface area (Å²) >= 11 is 6.47. The van der Waals surface area contributed by atoms with Crippen LogP contribution in [0.2, 0.25) is 0 Å². The van der Waals surface area contributed by atoms with E-state index in [0.29, 0.717) is 56.6 Å². The summed E-state index contributed by atoms with van der Waals surface area (Å²) in [5.41, 5.74) is 3.65. The molecule has 22 heteroatoms. The quantitative estimate of drug-likeness (QED) is 0.0311. The smallest absolute Gasteiger partial charge is 0.492 e. The second-order valence-corrected chi connectivity index (χ2v) is 17.4. The largest absolute Gasteiger partial charge is 0.536 e. The molecule has 3 aromatic carbocycles. The molecule has 5 rings (SSSR count). The predicted octanol–water partition coefficient (Wildman–Crippen LogP) is 6.47. The van der Waals surface area contributed by atoms with Gasteiger partial charge in [0.1, 0.15) is 17.0 Å². The number of aryl methyl sites for hydroxylation is 1. The number of fused-ring (bicyclic) bond motifs is 4. The second kappa shape index (κ2) is 18.8. The third-order valence-electron chi connectivity index (χ3n) is 8.82. The van der Waals surface area contributed by atoms with Crippen molar-refractivity contribution in [2.45, 2.75) is 52.1 Å². The number of hydroxylamine groups is 1. The molecule has 1 aliphatic rings. The number of hydrogen-bond donors (Lipinski definition) is 5. The van der Waals surface area contributed by atoms with Gasteiger partial charge in [-0.2, -0.15) is 9.79 Å². The van der Waals surface area contributed by atoms with Crippen molar-refractivity contribution in [1.82, 2.24) is 15.8 Å². The lowest BCUT2D eigenvalue weighted by atomic mass is 9.95. The molecule has 0 saturated heterocycles. The molecule has 322 valence electrons. The number of amides is 3. The van der Waals surface area contributed by atoms with Gasteiger partial charge < -0.3 is 43.6 Å². The van der Waals surface area contributed by atoms with E-state index in [1.54, 1.807) is 51.1 Å². The van der Waals surface area contributed by atoms with Crippen molar-refractivity contribution in [2.75, 3.05) is 58.4 Å². The van der Waals surface area contributed by atoms with E-state index in [1.165, 1.54) is 32.3 Å². The highest BCUT2D eigenvalue weighted by Crippen LogP contribution is 2.61. The van der Waals surface area contributed by atoms with E-state index in [2.05, 4.69) is 14.6 Å². The third kappa shape index (κ3) is 10.6. The first-order chi connectivity index (χ1) is 27.9. The van der Waals surface area contributed by atoms with Crippen molar-refractivity contribution in [1.29, 1.82) is 0 Å². The lowest BCUT2D eigenvalue weighted by Gasteiger charge is -2.21. The first kappa shape index (κ1) is 45.5. The Kier molecular flexibility index (Phi) is 14.5. The number of aromatic amines is 1. The van der Waals surface area contributed by atoms with Crippen LogP contribution in [0.25, 0.3) is 21.7 Å². The van der Waals surface area contributed by atoms with Crippen LogP contribution in [0.4, 0.5) is 10.5 Å². The van der Waals surface area contributed by atoms with Crippen LogP contribution in [0.15, 0.2) is 36.4 Å². The summed E-state index contributed by atoms with van der Waals surface area (Å²) in [6.07, 6.45) is 0.457. The van der Waals surface area contributed by atoms with Crippen LogP contribution < -0.4 is 34.4 Å². The number of benzene rings is 3. The van der Waals surface area contributed by atoms with Crippen molar-refractivity contribution < 1.29 is 70.4 Å². The Hall–Kier alpha value is -4.58. The van der Waals surface area contributed by atoms with Crippen LogP contribution in [-0.2, 0) is 38.8 Å². The number of halogens is 1. The van der Waals surface area contributed by atoms with Crippen LogP contribution in [0.5, 0.6) is 23.0 Å². The highest BCUT2D eigenvalue weighted by molar-refractivity contribution is 7.61. The molecule has 0 saturated carbocycles. The molecule has 0 bridgehead atoms. The topological polar surface area (TPSA) is 243 Å². The number of phosphoric acid groups is 2. The van der Waals surface area contributed by atoms with E-state index >= 15 is 0 Å². The minimum absolute atomic E-state index is 0.125. The number of alkyl halides is 1. The zero-order chi connectivity index (χ0) is 43.3. The average Bonchev–Trinajstić information content (AvgIpc) is 3.77. The van der Waals surface area contributed by atoms with Crippen molar-refractivity contribution in [2.24, 2.45) is 0 Å². The van der Waals surface area contributed by atoms with Gasteiger partial charge in [-0.15, -0.1) is 11.6 Å². The number of nitrogens with zero attached hydrogens (tertiary/aromatic N) is 1. The fourth-order valence-electron chi connectivity index (χ4n) is 6.67. The number of phosphoric ester groups is 2. The number of aromatic nitrogens is 1. The third-order valence-corrected chi connectivity index (χ3v) is 11.8. The molecule has 3 atom stereocenters. The molecule has 59 heavy (non-hydrogen) atoms. The summed E-state index contributed by atoms with van der Waals surface area (Å²) in [7, 11) is -6.20. The number of carbonyl (C=O) groups excluding carboxylic acids is 3. The maximum Gasteiger partial charge on any atom is 0.536 e. The Bertz CT molecular complexity index is 2310. The van der Waals surface area contributed by atoms with Gasteiger partial charge in [-0.25, -0.2) is 13.9 Å². The number of ether oxygens (including phenoxy) is 4. The van der Waals surface area contributed by atoms with Crippen molar-refractivity contribution in [3.8, 4) is 23.0 Å². The minimum Gasteiger partial charge on any atom is -0.492 e. The normalized spacial score (nSPS) is 15.9. The summed E-state index contributed by atoms with van der Waals surface area (Å²) in [6, 6.07) is 9.79. The molecule has 2 heterocycles. The van der Waals surface area contributed by atoms with E-state index in [9.17, 15) is 33.3 Å². The molecule has 0 aliphatic carbocycles. The first-order valence-electron chi connectivity index (χ1n) is 18.2. The van der Waals surface area contributed by atoms with Crippen molar-refractivity contribution >= 4 is 72.5 Å². The van der Waals surface area contributed by atoms with Gasteiger partial charge >= 0.3 is 21.7 Å². The van der Waals surface area contributed by atoms with Crippen molar-refractivity contribution in [3.63, 3.8) is 0 Å². The Morgan fingerprint density at radius 3 is 2.27 bits per heavy atom. The number of anilines is 1. The Morgan fingerprint density at radius 2 is 1.64 bits per heavy atom. The molecular weight excluding hydrogens is 838 g/mol. The standard InChI is InChI=1S/C37H47ClN4O15P2/c1-8-11-24-25-16-26(40-31(25)33(51-6)34(52-7)32(24)50-5)35(44)42-19-21(18-38)30-23-13-10-9-12-22(23)28(17-27(30)42)56-59(48,49)57-58(46,47)54-15-14-39-29(43)20-53-41-36(45)55-37(2,3)4/h9-10,12-13,16-17,21,40H,8,11,14-15,18-20H2,1-7H3,(H,39,43)(H,41,45)(H,46,47)(H,48,49). The van der Waals surface area contributed by atoms with E-state index in [0.717, 1.165) is 12.0 Å². The van der Waals surface area contributed by atoms with Gasteiger partial charge in [0, 0.05) is 47.3 Å². The molecule has 0 radical (unpaired) electrons. The molecule has 19 nitrogen and oxygen atoms in total. The van der Waals surface area contributed by atoms with Gasteiger partial charge in [-0.3, -0.25) is 23.8 Å². The molecule has 3 unspecified atom stereocenters. The van der Waals surface area contributed by atoms with Crippen LogP contribution in [-0.4, -0.2) is 91.8 Å². The molecule has 1 aromatic heterocycles. The zero-order valence-corrected chi connectivity index (χ0v) is 36.0. The van der Waals surface area contributed by atoms with E-state index in [-0.39, 0.29) is 36.3 Å². The van der Waals surface area contributed by atoms with E-state index < -0.39 is 52.4 Å². The maximum atomic E-state index is 14.5. The second-order valence-electron chi connectivity index (χ2n) is 14.1. The molecule has 5 N–H and O–H groups in total. The monoisotopic (exact) mass is 884 g/mol. The van der Waals surface area contributed by atoms with Crippen LogP contribution >= 0.6 is 27.2 Å². The molecule has 4 aromatic rings.